The Morgan fingerprint density at radius 1 is 1.27 bits per heavy atom. The smallest absolute Gasteiger partial charge is 0.340 e. The summed E-state index contributed by atoms with van der Waals surface area (Å²) in [7, 11) is 0. The number of unbranched alkanes of at least 4 members (excludes halogenated alkanes) is 3. The van der Waals surface area contributed by atoms with E-state index in [0.29, 0.717) is 6.61 Å². The molecule has 0 fully saturated rings. The van der Waals surface area contributed by atoms with Gasteiger partial charge in [-0.3, -0.25) is 0 Å². The molecule has 0 aliphatic rings. The van der Waals surface area contributed by atoms with Crippen LogP contribution in [0.5, 0.6) is 5.75 Å². The number of esters is 1. The molecule has 0 saturated heterocycles. The third-order valence-corrected chi connectivity index (χ3v) is 3.37. The van der Waals surface area contributed by atoms with Crippen LogP contribution >= 0.6 is 11.6 Å². The lowest BCUT2D eigenvalue weighted by Crippen LogP contribution is -2.26. The average molecular weight is 328 g/mol. The van der Waals surface area contributed by atoms with Gasteiger partial charge >= 0.3 is 5.97 Å². The number of halogens is 1. The van der Waals surface area contributed by atoms with E-state index in [2.05, 4.69) is 6.92 Å². The number of hydrogen-bond donors (Lipinski definition) is 0. The maximum atomic E-state index is 11.9. The summed E-state index contributed by atoms with van der Waals surface area (Å²) < 4.78 is 10.5. The first kappa shape index (κ1) is 18.5. The van der Waals surface area contributed by atoms with Gasteiger partial charge in [-0.05, 0) is 37.1 Å². The van der Waals surface area contributed by atoms with E-state index in [1.54, 1.807) is 6.92 Å². The highest BCUT2D eigenvalue weighted by Crippen LogP contribution is 2.25. The Morgan fingerprint density at radius 3 is 2.59 bits per heavy atom. The average Bonchev–Trinajstić information content (AvgIpc) is 2.48. The highest BCUT2D eigenvalue weighted by molar-refractivity contribution is 6.32. The number of benzene rings is 1. The van der Waals surface area contributed by atoms with Crippen molar-refractivity contribution in [2.75, 3.05) is 6.61 Å². The quantitative estimate of drug-likeness (QED) is 0.396. The van der Waals surface area contributed by atoms with E-state index in [4.69, 9.17) is 21.1 Å². The molecular formula is C16H20ClO5-. The first-order valence-corrected chi connectivity index (χ1v) is 7.67. The molecule has 1 atom stereocenters. The van der Waals surface area contributed by atoms with Crippen LogP contribution in [-0.4, -0.2) is 24.6 Å². The van der Waals surface area contributed by atoms with E-state index >= 15 is 0 Å². The zero-order chi connectivity index (χ0) is 16.5. The number of rotatable bonds is 9. The van der Waals surface area contributed by atoms with Gasteiger partial charge in [-0.1, -0.05) is 37.8 Å². The molecule has 0 radical (unpaired) electrons. The molecule has 22 heavy (non-hydrogen) atoms. The number of hydrogen-bond acceptors (Lipinski definition) is 5. The van der Waals surface area contributed by atoms with Crippen LogP contribution in [0.3, 0.4) is 0 Å². The molecule has 0 aromatic heterocycles. The van der Waals surface area contributed by atoms with Gasteiger partial charge in [0.05, 0.1) is 11.0 Å². The molecule has 1 aromatic rings. The van der Waals surface area contributed by atoms with Gasteiger partial charge in [0.15, 0.2) is 6.10 Å². The zero-order valence-electron chi connectivity index (χ0n) is 12.8. The van der Waals surface area contributed by atoms with Crippen molar-refractivity contribution in [2.45, 2.75) is 45.6 Å². The molecule has 0 N–H and O–H groups in total. The molecule has 0 saturated carbocycles. The molecule has 0 heterocycles. The van der Waals surface area contributed by atoms with E-state index in [0.717, 1.165) is 25.7 Å². The normalized spacial score (nSPS) is 12.0. The van der Waals surface area contributed by atoms with Gasteiger partial charge in [-0.25, -0.2) is 4.79 Å². The van der Waals surface area contributed by atoms with Gasteiger partial charge in [0, 0.05) is 6.61 Å². The van der Waals surface area contributed by atoms with Crippen LogP contribution < -0.4 is 9.84 Å². The molecular weight excluding hydrogens is 308 g/mol. The standard InChI is InChI=1S/C16H21ClO5/c1-3-4-5-6-9-21-11(2)16(20)22-14-8-7-12(15(18)19)10-13(14)17/h7-8,10-11H,3-6,9H2,1-2H3,(H,18,19)/p-1/t11-/m1/s1. The van der Waals surface area contributed by atoms with Gasteiger partial charge in [0.2, 0.25) is 0 Å². The lowest BCUT2D eigenvalue weighted by atomic mass is 10.2. The molecule has 0 aliphatic carbocycles. The highest BCUT2D eigenvalue weighted by Gasteiger charge is 2.17. The summed E-state index contributed by atoms with van der Waals surface area (Å²) in [6.07, 6.45) is 3.53. The van der Waals surface area contributed by atoms with Crippen LogP contribution in [-0.2, 0) is 9.53 Å². The van der Waals surface area contributed by atoms with Crippen molar-refractivity contribution in [3.05, 3.63) is 28.8 Å². The maximum absolute atomic E-state index is 11.9. The first-order chi connectivity index (χ1) is 10.5. The Labute approximate surface area is 135 Å². The number of carboxylic acids is 1. The molecule has 6 heteroatoms. The molecule has 0 aliphatic heterocycles. The summed E-state index contributed by atoms with van der Waals surface area (Å²) in [4.78, 5) is 22.6. The van der Waals surface area contributed by atoms with Crippen molar-refractivity contribution >= 4 is 23.5 Å². The highest BCUT2D eigenvalue weighted by atomic mass is 35.5. The van der Waals surface area contributed by atoms with Crippen LogP contribution in [0.2, 0.25) is 5.02 Å². The lowest BCUT2D eigenvalue weighted by molar-refractivity contribution is -0.255. The van der Waals surface area contributed by atoms with Gasteiger partial charge < -0.3 is 19.4 Å². The van der Waals surface area contributed by atoms with Crippen molar-refractivity contribution in [1.29, 1.82) is 0 Å². The largest absolute Gasteiger partial charge is 0.545 e. The minimum absolute atomic E-state index is 0.0326. The van der Waals surface area contributed by atoms with Crippen LogP contribution in [0.15, 0.2) is 18.2 Å². The Hall–Kier alpha value is -1.59. The van der Waals surface area contributed by atoms with E-state index in [1.165, 1.54) is 18.2 Å². The summed E-state index contributed by atoms with van der Waals surface area (Å²) in [5.74, 6) is -1.82. The summed E-state index contributed by atoms with van der Waals surface area (Å²) in [6.45, 7) is 4.22. The summed E-state index contributed by atoms with van der Waals surface area (Å²) >= 11 is 5.87. The molecule has 0 unspecified atom stereocenters. The Balaban J connectivity index is 2.48. The maximum Gasteiger partial charge on any atom is 0.340 e. The Morgan fingerprint density at radius 2 is 2.00 bits per heavy atom. The second-order valence-electron chi connectivity index (χ2n) is 4.93. The van der Waals surface area contributed by atoms with Crippen LogP contribution in [0.1, 0.15) is 49.9 Å². The monoisotopic (exact) mass is 327 g/mol. The van der Waals surface area contributed by atoms with E-state index in [1.807, 2.05) is 0 Å². The second kappa shape index (κ2) is 9.43. The number of carboxylic acid groups (broad SMARTS) is 1. The molecule has 122 valence electrons. The summed E-state index contributed by atoms with van der Waals surface area (Å²) in [5, 5.41) is 10.7. The number of carbonyl (C=O) groups is 2. The fourth-order valence-electron chi connectivity index (χ4n) is 1.76. The first-order valence-electron chi connectivity index (χ1n) is 7.30. The fourth-order valence-corrected chi connectivity index (χ4v) is 1.98. The topological polar surface area (TPSA) is 75.7 Å². The third kappa shape index (κ3) is 6.03. The Bertz CT molecular complexity index is 515. The van der Waals surface area contributed by atoms with Crippen molar-refractivity contribution in [3.63, 3.8) is 0 Å². The SMILES string of the molecule is CCCCCCO[C@H](C)C(=O)Oc1ccc(C(=O)[O-])cc1Cl. The van der Waals surface area contributed by atoms with Crippen molar-refractivity contribution in [1.82, 2.24) is 0 Å². The molecule has 0 spiro atoms. The van der Waals surface area contributed by atoms with Crippen LogP contribution in [0, 0.1) is 0 Å². The predicted molar refractivity (Wildman–Crippen MR) is 81.0 cm³/mol. The number of carbonyl (C=O) groups excluding carboxylic acids is 2. The van der Waals surface area contributed by atoms with Crippen LogP contribution in [0.25, 0.3) is 0 Å². The minimum Gasteiger partial charge on any atom is -0.545 e. The molecule has 0 amide bonds. The molecule has 0 bridgehead atoms. The van der Waals surface area contributed by atoms with Crippen molar-refractivity contribution in [3.8, 4) is 5.75 Å². The van der Waals surface area contributed by atoms with Gasteiger partial charge in [-0.15, -0.1) is 0 Å². The van der Waals surface area contributed by atoms with Crippen molar-refractivity contribution in [2.24, 2.45) is 0 Å². The van der Waals surface area contributed by atoms with E-state index in [9.17, 15) is 14.7 Å². The molecule has 1 rings (SSSR count). The summed E-state index contributed by atoms with van der Waals surface area (Å²) in [5.41, 5.74) is -0.0787. The second-order valence-corrected chi connectivity index (χ2v) is 5.33. The van der Waals surface area contributed by atoms with Crippen LogP contribution in [0.4, 0.5) is 0 Å². The van der Waals surface area contributed by atoms with Gasteiger partial charge in [0.25, 0.3) is 0 Å². The van der Waals surface area contributed by atoms with Gasteiger partial charge in [-0.2, -0.15) is 0 Å². The lowest BCUT2D eigenvalue weighted by Gasteiger charge is -2.13. The fraction of sp³-hybridized carbons (Fsp3) is 0.500. The number of aromatic carboxylic acids is 1. The summed E-state index contributed by atoms with van der Waals surface area (Å²) in [6, 6.07) is 3.76. The van der Waals surface area contributed by atoms with E-state index in [-0.39, 0.29) is 16.3 Å². The number of ether oxygens (including phenoxy) is 2. The van der Waals surface area contributed by atoms with Gasteiger partial charge in [0.1, 0.15) is 5.75 Å². The Kier molecular flexibility index (Phi) is 7.91. The van der Waals surface area contributed by atoms with Crippen molar-refractivity contribution < 1.29 is 24.2 Å². The van der Waals surface area contributed by atoms with E-state index < -0.39 is 18.0 Å². The molecule has 1 aromatic carbocycles. The third-order valence-electron chi connectivity index (χ3n) is 3.08. The zero-order valence-corrected chi connectivity index (χ0v) is 13.5. The molecule has 5 nitrogen and oxygen atoms in total. The minimum atomic E-state index is -1.34. The predicted octanol–water partition coefficient (Wildman–Crippen LogP) is 2.59.